The van der Waals surface area contributed by atoms with Gasteiger partial charge in [-0.3, -0.25) is 9.48 Å². The predicted octanol–water partition coefficient (Wildman–Crippen LogP) is 4.73. The molecule has 1 heterocycles. The van der Waals surface area contributed by atoms with E-state index in [2.05, 4.69) is 10.4 Å². The van der Waals surface area contributed by atoms with Crippen molar-refractivity contribution in [1.29, 1.82) is 0 Å². The second kappa shape index (κ2) is 6.88. The zero-order valence-electron chi connectivity index (χ0n) is 13.0. The van der Waals surface area contributed by atoms with E-state index in [0.717, 1.165) is 11.1 Å². The van der Waals surface area contributed by atoms with Crippen molar-refractivity contribution in [2.24, 2.45) is 0 Å². The van der Waals surface area contributed by atoms with Gasteiger partial charge in [0.25, 0.3) is 0 Å². The molecule has 0 fully saturated rings. The number of halogens is 5. The number of benzene rings is 1. The first-order valence-corrected chi connectivity index (χ1v) is 8.42. The molecule has 1 aliphatic rings. The number of hydrogen-bond acceptors (Lipinski definition) is 2. The van der Waals surface area contributed by atoms with Gasteiger partial charge in [0, 0.05) is 16.3 Å². The molecule has 0 atom stereocenters. The van der Waals surface area contributed by atoms with Crippen LogP contribution in [0.1, 0.15) is 29.8 Å². The van der Waals surface area contributed by atoms with Crippen molar-refractivity contribution in [2.45, 2.75) is 38.4 Å². The summed E-state index contributed by atoms with van der Waals surface area (Å²) in [5, 5.41) is 6.89. The minimum absolute atomic E-state index is 0.201. The summed E-state index contributed by atoms with van der Waals surface area (Å²) in [7, 11) is 0. The highest BCUT2D eigenvalue weighted by atomic mass is 35.5. The number of hydrogen-bond donors (Lipinski definition) is 1. The summed E-state index contributed by atoms with van der Waals surface area (Å²) in [6.07, 6.45) is -2.27. The molecular formula is C16H14Cl2F3N3O. The van der Waals surface area contributed by atoms with Crippen molar-refractivity contribution in [2.75, 3.05) is 5.32 Å². The number of aromatic nitrogens is 2. The van der Waals surface area contributed by atoms with Gasteiger partial charge in [-0.2, -0.15) is 18.3 Å². The van der Waals surface area contributed by atoms with Gasteiger partial charge in [0.05, 0.1) is 10.7 Å². The van der Waals surface area contributed by atoms with E-state index in [4.69, 9.17) is 23.2 Å². The molecule has 25 heavy (non-hydrogen) atoms. The summed E-state index contributed by atoms with van der Waals surface area (Å²) in [6, 6.07) is 4.57. The zero-order chi connectivity index (χ0) is 18.2. The minimum atomic E-state index is -4.53. The molecule has 0 aliphatic heterocycles. The summed E-state index contributed by atoms with van der Waals surface area (Å²) in [4.78, 5) is 12.2. The van der Waals surface area contributed by atoms with Crippen molar-refractivity contribution in [3.05, 3.63) is 45.2 Å². The summed E-state index contributed by atoms with van der Waals surface area (Å²) < 4.78 is 40.6. The first-order valence-electron chi connectivity index (χ1n) is 7.66. The third kappa shape index (κ3) is 3.93. The lowest BCUT2D eigenvalue weighted by Crippen LogP contribution is -2.22. The van der Waals surface area contributed by atoms with Crippen LogP contribution in [0.4, 0.5) is 18.9 Å². The molecule has 1 aromatic carbocycles. The summed E-state index contributed by atoms with van der Waals surface area (Å²) in [6.45, 7) is -0.318. The van der Waals surface area contributed by atoms with Crippen LogP contribution >= 0.6 is 23.2 Å². The largest absolute Gasteiger partial charge is 0.435 e. The normalized spacial score (nSPS) is 14.3. The van der Waals surface area contributed by atoms with Crippen LogP contribution in [-0.4, -0.2) is 15.7 Å². The van der Waals surface area contributed by atoms with Gasteiger partial charge in [-0.1, -0.05) is 23.2 Å². The number of rotatable bonds is 3. The SMILES string of the molecule is O=C(Cn1nc(C(F)(F)F)c2c1CCCC2)Nc1cc(Cl)ccc1Cl. The summed E-state index contributed by atoms with van der Waals surface area (Å²) in [5.41, 5.74) is 0.0882. The molecule has 0 radical (unpaired) electrons. The number of nitrogens with one attached hydrogen (secondary N) is 1. The van der Waals surface area contributed by atoms with Crippen molar-refractivity contribution in [1.82, 2.24) is 9.78 Å². The molecule has 134 valence electrons. The lowest BCUT2D eigenvalue weighted by atomic mass is 9.95. The Balaban J connectivity index is 1.84. The molecule has 1 N–H and O–H groups in total. The van der Waals surface area contributed by atoms with Gasteiger partial charge >= 0.3 is 6.18 Å². The first kappa shape index (κ1) is 18.1. The van der Waals surface area contributed by atoms with Crippen molar-refractivity contribution < 1.29 is 18.0 Å². The monoisotopic (exact) mass is 391 g/mol. The van der Waals surface area contributed by atoms with Crippen molar-refractivity contribution in [3.63, 3.8) is 0 Å². The average molecular weight is 392 g/mol. The van der Waals surface area contributed by atoms with Crippen LogP contribution in [0.25, 0.3) is 0 Å². The highest BCUT2D eigenvalue weighted by Gasteiger charge is 2.39. The van der Waals surface area contributed by atoms with Gasteiger partial charge in [-0.25, -0.2) is 0 Å². The average Bonchev–Trinajstić information content (AvgIpc) is 2.90. The van der Waals surface area contributed by atoms with Crippen LogP contribution in [0.5, 0.6) is 0 Å². The fourth-order valence-corrected chi connectivity index (χ4v) is 3.29. The molecule has 0 unspecified atom stereocenters. The Bertz CT molecular complexity index is 818. The first-order chi connectivity index (χ1) is 11.8. The fraction of sp³-hybridized carbons (Fsp3) is 0.375. The van der Waals surface area contributed by atoms with E-state index in [1.54, 1.807) is 6.07 Å². The predicted molar refractivity (Wildman–Crippen MR) is 89.0 cm³/mol. The van der Waals surface area contributed by atoms with Gasteiger partial charge in [0.2, 0.25) is 5.91 Å². The maximum atomic E-state index is 13.2. The molecule has 1 aromatic heterocycles. The number of amides is 1. The van der Waals surface area contributed by atoms with E-state index in [1.807, 2.05) is 0 Å². The Hall–Kier alpha value is -1.73. The number of carbonyl (C=O) groups excluding carboxylic acids is 1. The molecule has 0 saturated heterocycles. The van der Waals surface area contributed by atoms with Crippen LogP contribution in [0.3, 0.4) is 0 Å². The number of carbonyl (C=O) groups is 1. The maximum Gasteiger partial charge on any atom is 0.435 e. The molecular weight excluding hydrogens is 378 g/mol. The van der Waals surface area contributed by atoms with Crippen LogP contribution in [0.15, 0.2) is 18.2 Å². The quantitative estimate of drug-likeness (QED) is 0.822. The van der Waals surface area contributed by atoms with Gasteiger partial charge < -0.3 is 5.32 Å². The van der Waals surface area contributed by atoms with Gasteiger partial charge in [-0.15, -0.1) is 0 Å². The Morgan fingerprint density at radius 2 is 1.96 bits per heavy atom. The Morgan fingerprint density at radius 1 is 1.24 bits per heavy atom. The second-order valence-corrected chi connectivity index (χ2v) is 6.65. The lowest BCUT2D eigenvalue weighted by molar-refractivity contribution is -0.142. The van der Waals surface area contributed by atoms with E-state index >= 15 is 0 Å². The minimum Gasteiger partial charge on any atom is -0.323 e. The molecule has 1 aliphatic carbocycles. The van der Waals surface area contributed by atoms with Gasteiger partial charge in [-0.05, 0) is 43.9 Å². The summed E-state index contributed by atoms with van der Waals surface area (Å²) >= 11 is 11.8. The fourth-order valence-electron chi connectivity index (χ4n) is 2.95. The van der Waals surface area contributed by atoms with Crippen molar-refractivity contribution >= 4 is 34.8 Å². The van der Waals surface area contributed by atoms with Crippen molar-refractivity contribution in [3.8, 4) is 0 Å². The van der Waals surface area contributed by atoms with Crippen LogP contribution in [0, 0.1) is 0 Å². The maximum absolute atomic E-state index is 13.2. The molecule has 9 heteroatoms. The van der Waals surface area contributed by atoms with Crippen LogP contribution < -0.4 is 5.32 Å². The summed E-state index contributed by atoms with van der Waals surface area (Å²) in [5.74, 6) is -0.520. The van der Waals surface area contributed by atoms with Crippen LogP contribution in [-0.2, 0) is 30.4 Å². The van der Waals surface area contributed by atoms with Gasteiger partial charge in [0.15, 0.2) is 5.69 Å². The Labute approximate surface area is 151 Å². The topological polar surface area (TPSA) is 46.9 Å². The van der Waals surface area contributed by atoms with E-state index in [0.29, 0.717) is 35.7 Å². The zero-order valence-corrected chi connectivity index (χ0v) is 14.5. The highest BCUT2D eigenvalue weighted by molar-refractivity contribution is 6.35. The molecule has 4 nitrogen and oxygen atoms in total. The number of fused-ring (bicyclic) bond motifs is 1. The third-order valence-electron chi connectivity index (χ3n) is 4.02. The van der Waals surface area contributed by atoms with E-state index < -0.39 is 17.8 Å². The second-order valence-electron chi connectivity index (χ2n) is 5.81. The molecule has 0 saturated carbocycles. The molecule has 3 rings (SSSR count). The number of nitrogens with zero attached hydrogens (tertiary/aromatic N) is 2. The van der Waals surface area contributed by atoms with Crippen LogP contribution in [0.2, 0.25) is 10.0 Å². The van der Waals surface area contributed by atoms with E-state index in [9.17, 15) is 18.0 Å². The lowest BCUT2D eigenvalue weighted by Gasteiger charge is -2.15. The Kier molecular flexibility index (Phi) is 4.97. The molecule has 2 aromatic rings. The molecule has 0 spiro atoms. The third-order valence-corrected chi connectivity index (χ3v) is 4.59. The standard InChI is InChI=1S/C16H14Cl2F3N3O/c17-9-5-6-11(18)12(7-9)22-14(25)8-24-13-4-2-1-3-10(13)15(23-24)16(19,20)21/h5-7H,1-4,8H2,(H,22,25). The smallest absolute Gasteiger partial charge is 0.323 e. The number of anilines is 1. The van der Waals surface area contributed by atoms with E-state index in [-0.39, 0.29) is 17.1 Å². The molecule has 1 amide bonds. The highest BCUT2D eigenvalue weighted by Crippen LogP contribution is 2.35. The number of alkyl halides is 3. The molecule has 0 bridgehead atoms. The Morgan fingerprint density at radius 3 is 2.68 bits per heavy atom. The van der Waals surface area contributed by atoms with E-state index in [1.165, 1.54) is 12.1 Å². The van der Waals surface area contributed by atoms with Gasteiger partial charge in [0.1, 0.15) is 6.54 Å².